The molecule has 170 valence electrons. The highest BCUT2D eigenvalue weighted by Crippen LogP contribution is 1.88. The van der Waals surface area contributed by atoms with Crippen LogP contribution in [0, 0.1) is 0 Å². The molecule has 8 nitrogen and oxygen atoms in total. The van der Waals surface area contributed by atoms with Gasteiger partial charge < -0.3 is 37.9 Å². The molecule has 0 bridgehead atoms. The Hall–Kier alpha value is -0.0300. The van der Waals surface area contributed by atoms with Crippen molar-refractivity contribution in [3.8, 4) is 0 Å². The molecule has 0 aromatic carbocycles. The first-order chi connectivity index (χ1) is 13.8. The molecule has 0 rings (SSSR count). The summed E-state index contributed by atoms with van der Waals surface area (Å²) in [4.78, 5) is 0. The number of rotatable bonds is 24. The van der Waals surface area contributed by atoms with Gasteiger partial charge in [-0.1, -0.05) is 0 Å². The van der Waals surface area contributed by atoms with Gasteiger partial charge in [-0.25, -0.2) is 0 Å². The van der Waals surface area contributed by atoms with E-state index in [1.165, 1.54) is 0 Å². The Morgan fingerprint density at radius 1 is 0.429 bits per heavy atom. The summed E-state index contributed by atoms with van der Waals surface area (Å²) in [5.41, 5.74) is 0. The Bertz CT molecular complexity index is 285. The Labute approximate surface area is 175 Å². The normalized spacial score (nSPS) is 11.6. The fraction of sp³-hybridized carbons (Fsp3) is 1.00. The topological polar surface area (TPSA) is 73.8 Å². The fourth-order valence-corrected chi connectivity index (χ4v) is 1.93. The van der Waals surface area contributed by atoms with Crippen molar-refractivity contribution in [2.45, 2.75) is 20.0 Å². The van der Waals surface area contributed by atoms with Gasteiger partial charge in [0.2, 0.25) is 0 Å². The van der Waals surface area contributed by atoms with Gasteiger partial charge in [-0.15, -0.1) is 11.6 Å². The number of alkyl halides is 1. The lowest BCUT2D eigenvalue weighted by Crippen LogP contribution is -2.15. The van der Waals surface area contributed by atoms with E-state index in [0.717, 1.165) is 0 Å². The zero-order chi connectivity index (χ0) is 20.5. The molecule has 0 saturated heterocycles. The molecule has 0 spiro atoms. The van der Waals surface area contributed by atoms with Crippen molar-refractivity contribution >= 4 is 11.6 Å². The second-order valence-electron chi connectivity index (χ2n) is 5.90. The number of halogens is 1. The van der Waals surface area contributed by atoms with Crippen molar-refractivity contribution in [2.24, 2.45) is 0 Å². The third-order valence-corrected chi connectivity index (χ3v) is 3.29. The number of ether oxygens (including phenoxy) is 8. The van der Waals surface area contributed by atoms with E-state index in [0.29, 0.717) is 105 Å². The third-order valence-electron chi connectivity index (χ3n) is 3.13. The minimum Gasteiger partial charge on any atom is -0.378 e. The molecule has 0 heterocycles. The van der Waals surface area contributed by atoms with Crippen molar-refractivity contribution in [3.05, 3.63) is 0 Å². The summed E-state index contributed by atoms with van der Waals surface area (Å²) < 4.78 is 42.9. The maximum absolute atomic E-state index is 5.48. The van der Waals surface area contributed by atoms with E-state index >= 15 is 0 Å². The van der Waals surface area contributed by atoms with Gasteiger partial charge in [-0.2, -0.15) is 0 Å². The Balaban J connectivity index is 2.98. The maximum Gasteiger partial charge on any atom is 0.0703 e. The van der Waals surface area contributed by atoms with Gasteiger partial charge in [0.25, 0.3) is 0 Å². The minimum atomic E-state index is 0.241. The predicted molar refractivity (Wildman–Crippen MR) is 108 cm³/mol. The molecule has 0 aliphatic rings. The Morgan fingerprint density at radius 2 is 0.679 bits per heavy atom. The fourth-order valence-electron chi connectivity index (χ4n) is 1.82. The van der Waals surface area contributed by atoms with Crippen LogP contribution in [0.1, 0.15) is 13.8 Å². The zero-order valence-electron chi connectivity index (χ0n) is 17.5. The maximum atomic E-state index is 5.48. The van der Waals surface area contributed by atoms with Crippen LogP contribution in [0.3, 0.4) is 0 Å². The van der Waals surface area contributed by atoms with Crippen LogP contribution in [0.2, 0.25) is 0 Å². The van der Waals surface area contributed by atoms with Crippen LogP contribution in [0.25, 0.3) is 0 Å². The van der Waals surface area contributed by atoms with E-state index in [1.54, 1.807) is 0 Å². The van der Waals surface area contributed by atoms with Crippen molar-refractivity contribution < 1.29 is 37.9 Å². The average Bonchev–Trinajstić information content (AvgIpc) is 2.68. The molecule has 0 aromatic rings. The zero-order valence-corrected chi connectivity index (χ0v) is 18.3. The molecule has 0 aromatic heterocycles. The second-order valence-corrected chi connectivity index (χ2v) is 6.27. The van der Waals surface area contributed by atoms with Crippen molar-refractivity contribution in [2.75, 3.05) is 105 Å². The third kappa shape index (κ3) is 26.0. The van der Waals surface area contributed by atoms with Crippen LogP contribution in [-0.4, -0.2) is 111 Å². The van der Waals surface area contributed by atoms with Crippen LogP contribution in [0.5, 0.6) is 0 Å². The molecule has 0 aliphatic carbocycles. The van der Waals surface area contributed by atoms with Crippen LogP contribution in [-0.2, 0) is 37.9 Å². The quantitative estimate of drug-likeness (QED) is 0.169. The lowest BCUT2D eigenvalue weighted by Gasteiger charge is -2.09. The van der Waals surface area contributed by atoms with Crippen LogP contribution >= 0.6 is 11.6 Å². The number of hydrogen-bond acceptors (Lipinski definition) is 8. The van der Waals surface area contributed by atoms with Gasteiger partial charge in [0, 0.05) is 5.88 Å². The first-order valence-electron chi connectivity index (χ1n) is 9.99. The summed E-state index contributed by atoms with van der Waals surface area (Å²) in [6.07, 6.45) is 0.241. The summed E-state index contributed by atoms with van der Waals surface area (Å²) in [6, 6.07) is 0. The van der Waals surface area contributed by atoms with Crippen LogP contribution < -0.4 is 0 Å². The standard InChI is InChI=1S/C19H39ClO8/c1-19(2)28-18-17-27-16-15-26-14-13-25-12-11-24-10-9-23-8-7-22-6-5-21-4-3-20/h19H,3-18H2,1-2H3. The van der Waals surface area contributed by atoms with E-state index in [4.69, 9.17) is 49.5 Å². The van der Waals surface area contributed by atoms with Gasteiger partial charge in [0.05, 0.1) is 105 Å². The van der Waals surface area contributed by atoms with Crippen molar-refractivity contribution in [1.82, 2.24) is 0 Å². The van der Waals surface area contributed by atoms with Crippen molar-refractivity contribution in [1.29, 1.82) is 0 Å². The predicted octanol–water partition coefficient (Wildman–Crippen LogP) is 1.77. The van der Waals surface area contributed by atoms with E-state index < -0.39 is 0 Å². The molecule has 0 amide bonds. The van der Waals surface area contributed by atoms with Crippen molar-refractivity contribution in [3.63, 3.8) is 0 Å². The minimum absolute atomic E-state index is 0.241. The van der Waals surface area contributed by atoms with Gasteiger partial charge >= 0.3 is 0 Å². The SMILES string of the molecule is CC(C)OCCOCCOCCOCCOCCOCCOCCOCCCl. The summed E-state index contributed by atoms with van der Waals surface area (Å²) >= 11 is 5.48. The number of hydrogen-bond donors (Lipinski definition) is 0. The summed E-state index contributed by atoms with van der Waals surface area (Å²) in [6.45, 7) is 12.3. The van der Waals surface area contributed by atoms with E-state index in [-0.39, 0.29) is 6.10 Å². The van der Waals surface area contributed by atoms with Crippen LogP contribution in [0.15, 0.2) is 0 Å². The highest BCUT2D eigenvalue weighted by Gasteiger charge is 1.95. The average molecular weight is 431 g/mol. The molecular formula is C19H39ClO8. The Morgan fingerprint density at radius 3 is 0.929 bits per heavy atom. The van der Waals surface area contributed by atoms with Gasteiger partial charge in [0.15, 0.2) is 0 Å². The molecule has 9 heteroatoms. The van der Waals surface area contributed by atoms with Gasteiger partial charge in [-0.05, 0) is 13.8 Å². The molecule has 0 aliphatic heterocycles. The summed E-state index contributed by atoms with van der Waals surface area (Å²) in [5, 5.41) is 0. The highest BCUT2D eigenvalue weighted by atomic mass is 35.5. The van der Waals surface area contributed by atoms with E-state index in [2.05, 4.69) is 0 Å². The van der Waals surface area contributed by atoms with Gasteiger partial charge in [0.1, 0.15) is 0 Å². The highest BCUT2D eigenvalue weighted by molar-refractivity contribution is 6.17. The van der Waals surface area contributed by atoms with Crippen LogP contribution in [0.4, 0.5) is 0 Å². The molecule has 0 N–H and O–H groups in total. The summed E-state index contributed by atoms with van der Waals surface area (Å²) in [7, 11) is 0. The lowest BCUT2D eigenvalue weighted by molar-refractivity contribution is -0.0253. The van der Waals surface area contributed by atoms with Gasteiger partial charge in [-0.3, -0.25) is 0 Å². The first kappa shape index (κ1) is 28.0. The molecule has 0 unspecified atom stereocenters. The first-order valence-corrected chi connectivity index (χ1v) is 10.5. The molecule has 0 atom stereocenters. The largest absolute Gasteiger partial charge is 0.378 e. The Kier molecular flexibility index (Phi) is 25.0. The second kappa shape index (κ2) is 25.0. The molecule has 0 radical (unpaired) electrons. The monoisotopic (exact) mass is 430 g/mol. The smallest absolute Gasteiger partial charge is 0.0703 e. The molecule has 28 heavy (non-hydrogen) atoms. The van der Waals surface area contributed by atoms with E-state index in [1.807, 2.05) is 13.8 Å². The lowest BCUT2D eigenvalue weighted by atomic mass is 10.5. The molecule has 0 fully saturated rings. The van der Waals surface area contributed by atoms with E-state index in [9.17, 15) is 0 Å². The molecule has 0 saturated carbocycles. The summed E-state index contributed by atoms with van der Waals surface area (Å²) in [5.74, 6) is 0.507. The molecular weight excluding hydrogens is 392 g/mol.